The van der Waals surface area contributed by atoms with Crippen molar-refractivity contribution in [3.63, 3.8) is 0 Å². The van der Waals surface area contributed by atoms with Gasteiger partial charge in [0.25, 0.3) is 5.91 Å². The first kappa shape index (κ1) is 13.5. The van der Waals surface area contributed by atoms with E-state index in [0.29, 0.717) is 6.61 Å². The SMILES string of the molecule is CCOc1ccc(C(=O)NC)cc1S(N)(=O)=O. The maximum Gasteiger partial charge on any atom is 0.251 e. The predicted molar refractivity (Wildman–Crippen MR) is 62.4 cm³/mol. The molecule has 0 radical (unpaired) electrons. The third kappa shape index (κ3) is 3.18. The van der Waals surface area contributed by atoms with Crippen molar-refractivity contribution in [3.05, 3.63) is 23.8 Å². The predicted octanol–water partition coefficient (Wildman–Crippen LogP) is 0.0923. The van der Waals surface area contributed by atoms with Gasteiger partial charge in [-0.1, -0.05) is 0 Å². The summed E-state index contributed by atoms with van der Waals surface area (Å²) in [5.74, 6) is -0.249. The molecule has 6 nitrogen and oxygen atoms in total. The Morgan fingerprint density at radius 3 is 2.59 bits per heavy atom. The molecule has 0 bridgehead atoms. The summed E-state index contributed by atoms with van der Waals surface area (Å²) in [6.45, 7) is 2.03. The smallest absolute Gasteiger partial charge is 0.251 e. The summed E-state index contributed by atoms with van der Waals surface area (Å²) in [4.78, 5) is 11.2. The normalized spacial score (nSPS) is 11.0. The molecule has 0 heterocycles. The summed E-state index contributed by atoms with van der Waals surface area (Å²) in [6.07, 6.45) is 0. The highest BCUT2D eigenvalue weighted by molar-refractivity contribution is 7.89. The highest BCUT2D eigenvalue weighted by Crippen LogP contribution is 2.24. The quantitative estimate of drug-likeness (QED) is 0.799. The van der Waals surface area contributed by atoms with E-state index in [2.05, 4.69) is 5.32 Å². The number of amides is 1. The van der Waals surface area contributed by atoms with Gasteiger partial charge in [-0.15, -0.1) is 0 Å². The Kier molecular flexibility index (Phi) is 4.08. The molecule has 1 amide bonds. The molecule has 0 saturated carbocycles. The first-order chi connectivity index (χ1) is 7.90. The van der Waals surface area contributed by atoms with Crippen molar-refractivity contribution in [3.8, 4) is 5.75 Å². The molecule has 0 atom stereocenters. The number of ether oxygens (including phenoxy) is 1. The van der Waals surface area contributed by atoms with E-state index in [-0.39, 0.29) is 16.2 Å². The molecular weight excluding hydrogens is 244 g/mol. The van der Waals surface area contributed by atoms with E-state index < -0.39 is 15.9 Å². The lowest BCUT2D eigenvalue weighted by Crippen LogP contribution is -2.20. The number of nitrogens with one attached hydrogen (secondary N) is 1. The largest absolute Gasteiger partial charge is 0.492 e. The summed E-state index contributed by atoms with van der Waals surface area (Å²) in [7, 11) is -2.47. The van der Waals surface area contributed by atoms with Crippen molar-refractivity contribution in [1.82, 2.24) is 5.32 Å². The van der Waals surface area contributed by atoms with Crippen molar-refractivity contribution in [2.75, 3.05) is 13.7 Å². The number of carbonyl (C=O) groups excluding carboxylic acids is 1. The Morgan fingerprint density at radius 2 is 2.12 bits per heavy atom. The van der Waals surface area contributed by atoms with Crippen LogP contribution in [0.15, 0.2) is 23.1 Å². The van der Waals surface area contributed by atoms with E-state index in [9.17, 15) is 13.2 Å². The summed E-state index contributed by atoms with van der Waals surface area (Å²) < 4.78 is 27.9. The number of primary sulfonamides is 1. The van der Waals surface area contributed by atoms with Gasteiger partial charge in [-0.25, -0.2) is 13.6 Å². The van der Waals surface area contributed by atoms with E-state index in [0.717, 1.165) is 0 Å². The fourth-order valence-electron chi connectivity index (χ4n) is 1.29. The van der Waals surface area contributed by atoms with E-state index in [1.54, 1.807) is 6.92 Å². The number of sulfonamides is 1. The molecule has 1 aromatic carbocycles. The Hall–Kier alpha value is -1.60. The lowest BCUT2D eigenvalue weighted by atomic mass is 10.2. The molecule has 1 aromatic rings. The van der Waals surface area contributed by atoms with Crippen LogP contribution in [0.4, 0.5) is 0 Å². The van der Waals surface area contributed by atoms with Gasteiger partial charge in [-0.3, -0.25) is 4.79 Å². The molecule has 3 N–H and O–H groups in total. The molecule has 1 rings (SSSR count). The van der Waals surface area contributed by atoms with Gasteiger partial charge in [0.2, 0.25) is 10.0 Å². The minimum atomic E-state index is -3.92. The molecule has 0 unspecified atom stereocenters. The second-order valence-corrected chi connectivity index (χ2v) is 4.75. The number of benzene rings is 1. The minimum absolute atomic E-state index is 0.141. The molecule has 0 saturated heterocycles. The number of nitrogens with two attached hydrogens (primary N) is 1. The molecule has 0 aromatic heterocycles. The molecule has 7 heteroatoms. The van der Waals surface area contributed by atoms with Crippen LogP contribution in [0.25, 0.3) is 0 Å². The van der Waals surface area contributed by atoms with Crippen LogP contribution < -0.4 is 15.2 Å². The van der Waals surface area contributed by atoms with Crippen LogP contribution in [0.5, 0.6) is 5.75 Å². The van der Waals surface area contributed by atoms with Crippen molar-refractivity contribution in [2.45, 2.75) is 11.8 Å². The van der Waals surface area contributed by atoms with E-state index in [1.807, 2.05) is 0 Å². The number of hydrogen-bond donors (Lipinski definition) is 2. The fraction of sp³-hybridized carbons (Fsp3) is 0.300. The van der Waals surface area contributed by atoms with E-state index >= 15 is 0 Å². The Balaban J connectivity index is 3.34. The van der Waals surface area contributed by atoms with Crippen LogP contribution in [-0.2, 0) is 10.0 Å². The maximum absolute atomic E-state index is 11.4. The van der Waals surface area contributed by atoms with Crippen LogP contribution in [-0.4, -0.2) is 28.0 Å². The monoisotopic (exact) mass is 258 g/mol. The van der Waals surface area contributed by atoms with Gasteiger partial charge in [-0.2, -0.15) is 0 Å². The van der Waals surface area contributed by atoms with Crippen molar-refractivity contribution >= 4 is 15.9 Å². The van der Waals surface area contributed by atoms with Gasteiger partial charge in [0.15, 0.2) is 0 Å². The first-order valence-corrected chi connectivity index (χ1v) is 6.46. The molecule has 0 spiro atoms. The summed E-state index contributed by atoms with van der Waals surface area (Å²) in [5.41, 5.74) is 0.208. The Bertz CT molecular complexity index is 525. The zero-order valence-corrected chi connectivity index (χ0v) is 10.4. The third-order valence-corrected chi connectivity index (χ3v) is 2.97. The van der Waals surface area contributed by atoms with Crippen molar-refractivity contribution < 1.29 is 17.9 Å². The number of carbonyl (C=O) groups is 1. The maximum atomic E-state index is 11.4. The second-order valence-electron chi connectivity index (χ2n) is 3.22. The van der Waals surface area contributed by atoms with Crippen molar-refractivity contribution in [2.24, 2.45) is 5.14 Å². The van der Waals surface area contributed by atoms with Crippen LogP contribution in [0.1, 0.15) is 17.3 Å². The van der Waals surface area contributed by atoms with E-state index in [1.165, 1.54) is 25.2 Å². The minimum Gasteiger partial charge on any atom is -0.492 e. The Labute approximate surface area is 99.8 Å². The Morgan fingerprint density at radius 1 is 1.47 bits per heavy atom. The third-order valence-electron chi connectivity index (χ3n) is 2.04. The van der Waals surface area contributed by atoms with Gasteiger partial charge < -0.3 is 10.1 Å². The van der Waals surface area contributed by atoms with Gasteiger partial charge in [-0.05, 0) is 25.1 Å². The molecule has 0 aliphatic carbocycles. The highest BCUT2D eigenvalue weighted by Gasteiger charge is 2.17. The molecule has 94 valence electrons. The number of rotatable bonds is 4. The topological polar surface area (TPSA) is 98.5 Å². The first-order valence-electron chi connectivity index (χ1n) is 4.92. The summed E-state index contributed by atoms with van der Waals surface area (Å²) in [6, 6.07) is 4.07. The molecule has 0 fully saturated rings. The fourth-order valence-corrected chi connectivity index (χ4v) is 1.99. The average Bonchev–Trinajstić information content (AvgIpc) is 2.27. The lowest BCUT2D eigenvalue weighted by Gasteiger charge is -2.09. The van der Waals surface area contributed by atoms with Crippen LogP contribution in [0.2, 0.25) is 0 Å². The molecule has 0 aliphatic heterocycles. The van der Waals surface area contributed by atoms with Crippen LogP contribution >= 0.6 is 0 Å². The zero-order valence-electron chi connectivity index (χ0n) is 9.56. The van der Waals surface area contributed by atoms with Gasteiger partial charge in [0.05, 0.1) is 6.61 Å². The van der Waals surface area contributed by atoms with E-state index in [4.69, 9.17) is 9.88 Å². The average molecular weight is 258 g/mol. The lowest BCUT2D eigenvalue weighted by molar-refractivity contribution is 0.0963. The van der Waals surface area contributed by atoms with Crippen LogP contribution in [0, 0.1) is 0 Å². The van der Waals surface area contributed by atoms with Crippen molar-refractivity contribution in [1.29, 1.82) is 0 Å². The molecule has 17 heavy (non-hydrogen) atoms. The van der Waals surface area contributed by atoms with Gasteiger partial charge in [0, 0.05) is 12.6 Å². The number of hydrogen-bond acceptors (Lipinski definition) is 4. The summed E-state index contributed by atoms with van der Waals surface area (Å²) >= 11 is 0. The molecule has 0 aliphatic rings. The van der Waals surface area contributed by atoms with Gasteiger partial charge in [0.1, 0.15) is 10.6 Å². The summed E-state index contributed by atoms with van der Waals surface area (Å²) in [5, 5.41) is 7.45. The molecular formula is C10H14N2O4S. The van der Waals surface area contributed by atoms with Crippen LogP contribution in [0.3, 0.4) is 0 Å². The highest BCUT2D eigenvalue weighted by atomic mass is 32.2. The van der Waals surface area contributed by atoms with Gasteiger partial charge >= 0.3 is 0 Å². The standard InChI is InChI=1S/C10H14N2O4S/c1-3-16-8-5-4-7(10(13)12-2)6-9(8)17(11,14)15/h4-6H,3H2,1-2H3,(H,12,13)(H2,11,14,15). The second kappa shape index (κ2) is 5.15. The zero-order chi connectivity index (χ0) is 13.1.